The third kappa shape index (κ3) is 3.58. The number of hydrogen-bond donors (Lipinski definition) is 1. The smallest absolute Gasteiger partial charge is 0.103 e. The van der Waals surface area contributed by atoms with Gasteiger partial charge in [-0.2, -0.15) is 5.26 Å². The van der Waals surface area contributed by atoms with Crippen molar-refractivity contribution in [1.82, 2.24) is 0 Å². The summed E-state index contributed by atoms with van der Waals surface area (Å²) in [6.07, 6.45) is 5.54. The number of nitrogens with one attached hydrogen (secondary N) is 1. The lowest BCUT2D eigenvalue weighted by molar-refractivity contribution is 0.495. The summed E-state index contributed by atoms with van der Waals surface area (Å²) in [6.45, 7) is 2.12. The van der Waals surface area contributed by atoms with Crippen molar-refractivity contribution in [2.45, 2.75) is 30.7 Å². The summed E-state index contributed by atoms with van der Waals surface area (Å²) in [5.74, 6) is 0.997. The van der Waals surface area contributed by atoms with E-state index in [0.29, 0.717) is 0 Å². The highest BCUT2D eigenvalue weighted by atomic mass is 32.2. The first-order chi connectivity index (χ1) is 9.74. The minimum atomic E-state index is 0.282. The fraction of sp³-hybridized carbons (Fsp3) is 0.312. The van der Waals surface area contributed by atoms with Crippen molar-refractivity contribution in [1.29, 1.82) is 5.26 Å². The summed E-state index contributed by atoms with van der Waals surface area (Å²) in [6, 6.07) is 12.4. The van der Waals surface area contributed by atoms with Gasteiger partial charge in [-0.15, -0.1) is 11.8 Å². The molecule has 0 saturated carbocycles. The van der Waals surface area contributed by atoms with Crippen LogP contribution in [0.2, 0.25) is 0 Å². The molecule has 1 unspecified atom stereocenters. The highest BCUT2D eigenvalue weighted by Gasteiger charge is 2.10. The number of aryl methyl sites for hydroxylation is 1. The van der Waals surface area contributed by atoms with Crippen LogP contribution in [0.5, 0.6) is 0 Å². The minimum absolute atomic E-state index is 0.282. The number of nitriles is 1. The minimum Gasteiger partial charge on any atom is -0.469 e. The van der Waals surface area contributed by atoms with E-state index < -0.39 is 0 Å². The van der Waals surface area contributed by atoms with Gasteiger partial charge < -0.3 is 9.73 Å². The molecule has 1 atom stereocenters. The Morgan fingerprint density at radius 2 is 2.20 bits per heavy atom. The molecule has 0 aliphatic carbocycles. The van der Waals surface area contributed by atoms with E-state index in [1.54, 1.807) is 18.0 Å². The Kier molecular flexibility index (Phi) is 5.14. The number of benzene rings is 1. The first-order valence-electron chi connectivity index (χ1n) is 6.60. The van der Waals surface area contributed by atoms with Gasteiger partial charge in [0.05, 0.1) is 17.5 Å². The Morgan fingerprint density at radius 1 is 1.35 bits per heavy atom. The van der Waals surface area contributed by atoms with Gasteiger partial charge >= 0.3 is 0 Å². The summed E-state index contributed by atoms with van der Waals surface area (Å²) in [5.41, 5.74) is 1.64. The molecule has 0 amide bonds. The summed E-state index contributed by atoms with van der Waals surface area (Å²) in [5, 5.41) is 12.7. The number of anilines is 1. The Labute approximate surface area is 124 Å². The maximum atomic E-state index is 9.31. The summed E-state index contributed by atoms with van der Waals surface area (Å²) in [4.78, 5) is 1.01. The molecule has 0 spiro atoms. The molecule has 1 heterocycles. The van der Waals surface area contributed by atoms with Crippen LogP contribution < -0.4 is 5.32 Å². The third-order valence-corrected chi connectivity index (χ3v) is 3.94. The van der Waals surface area contributed by atoms with E-state index >= 15 is 0 Å². The Bertz CT molecular complexity index is 587. The zero-order valence-corrected chi connectivity index (χ0v) is 12.5. The van der Waals surface area contributed by atoms with E-state index in [1.807, 2.05) is 36.6 Å². The van der Waals surface area contributed by atoms with Crippen LogP contribution in [0.15, 0.2) is 45.9 Å². The number of rotatable bonds is 6. The average molecular weight is 286 g/mol. The third-order valence-electron chi connectivity index (χ3n) is 3.16. The molecule has 1 N–H and O–H groups in total. The van der Waals surface area contributed by atoms with Crippen molar-refractivity contribution >= 4 is 17.4 Å². The number of furan rings is 1. The van der Waals surface area contributed by atoms with Gasteiger partial charge in [0.1, 0.15) is 11.8 Å². The maximum Gasteiger partial charge on any atom is 0.103 e. The van der Waals surface area contributed by atoms with Crippen molar-refractivity contribution in [3.05, 3.63) is 47.9 Å². The van der Waals surface area contributed by atoms with E-state index in [9.17, 15) is 5.26 Å². The summed E-state index contributed by atoms with van der Waals surface area (Å²) in [7, 11) is 0. The van der Waals surface area contributed by atoms with E-state index in [4.69, 9.17) is 4.42 Å². The number of thioether (sulfide) groups is 1. The normalized spacial score (nSPS) is 11.8. The largest absolute Gasteiger partial charge is 0.469 e. The molecule has 1 aromatic carbocycles. The average Bonchev–Trinajstić information content (AvgIpc) is 2.98. The van der Waals surface area contributed by atoms with Gasteiger partial charge in [0.2, 0.25) is 0 Å². The fourth-order valence-electron chi connectivity index (χ4n) is 2.09. The Hall–Kier alpha value is -1.86. The monoisotopic (exact) mass is 286 g/mol. The van der Waals surface area contributed by atoms with Crippen LogP contribution in [0, 0.1) is 11.3 Å². The quantitative estimate of drug-likeness (QED) is 0.804. The van der Waals surface area contributed by atoms with E-state index in [2.05, 4.69) is 18.3 Å². The van der Waals surface area contributed by atoms with Crippen LogP contribution in [0.3, 0.4) is 0 Å². The molecule has 4 heteroatoms. The second-order valence-corrected chi connectivity index (χ2v) is 5.51. The molecule has 0 saturated heterocycles. The predicted molar refractivity (Wildman–Crippen MR) is 83.1 cm³/mol. The van der Waals surface area contributed by atoms with Crippen LogP contribution in [0.4, 0.5) is 5.69 Å². The zero-order chi connectivity index (χ0) is 14.4. The van der Waals surface area contributed by atoms with Gasteiger partial charge in [-0.3, -0.25) is 0 Å². The number of hydrogen-bond acceptors (Lipinski definition) is 4. The molecule has 2 rings (SSSR count). The maximum absolute atomic E-state index is 9.31. The molecule has 0 aliphatic heterocycles. The lowest BCUT2D eigenvalue weighted by atomic mass is 10.1. The van der Waals surface area contributed by atoms with Crippen molar-refractivity contribution in [2.75, 3.05) is 11.6 Å². The first kappa shape index (κ1) is 14.5. The molecule has 104 valence electrons. The van der Waals surface area contributed by atoms with E-state index in [-0.39, 0.29) is 6.04 Å². The zero-order valence-electron chi connectivity index (χ0n) is 11.7. The second-order valence-electron chi connectivity index (χ2n) is 4.66. The highest BCUT2D eigenvalue weighted by Crippen LogP contribution is 2.27. The molecule has 0 radical (unpaired) electrons. The molecule has 20 heavy (non-hydrogen) atoms. The van der Waals surface area contributed by atoms with Crippen LogP contribution in [0.25, 0.3) is 0 Å². The van der Waals surface area contributed by atoms with Crippen LogP contribution in [0.1, 0.15) is 24.7 Å². The molecule has 3 nitrogen and oxygen atoms in total. The van der Waals surface area contributed by atoms with Crippen LogP contribution in [-0.2, 0) is 6.42 Å². The van der Waals surface area contributed by atoms with Crippen LogP contribution >= 0.6 is 11.8 Å². The van der Waals surface area contributed by atoms with E-state index in [0.717, 1.165) is 34.7 Å². The van der Waals surface area contributed by atoms with Crippen molar-refractivity contribution in [3.8, 4) is 6.07 Å². The lowest BCUT2D eigenvalue weighted by Crippen LogP contribution is -2.16. The highest BCUT2D eigenvalue weighted by molar-refractivity contribution is 7.98. The van der Waals surface area contributed by atoms with Gasteiger partial charge in [0, 0.05) is 17.4 Å². The predicted octanol–water partition coefficient (Wildman–Crippen LogP) is 4.31. The SMILES string of the molecule is CSc1cccc(NC(C)CCc2ccco2)c1C#N. The van der Waals surface area contributed by atoms with Gasteiger partial charge in [0.15, 0.2) is 0 Å². The summed E-state index contributed by atoms with van der Waals surface area (Å²) >= 11 is 1.60. The van der Waals surface area contributed by atoms with Crippen molar-refractivity contribution in [2.24, 2.45) is 0 Å². The topological polar surface area (TPSA) is 49.0 Å². The molecular weight excluding hydrogens is 268 g/mol. The van der Waals surface area contributed by atoms with E-state index in [1.165, 1.54) is 0 Å². The van der Waals surface area contributed by atoms with Gasteiger partial charge in [0.25, 0.3) is 0 Å². The second kappa shape index (κ2) is 7.06. The Morgan fingerprint density at radius 3 is 2.85 bits per heavy atom. The molecule has 1 aromatic heterocycles. The van der Waals surface area contributed by atoms with Crippen molar-refractivity contribution in [3.63, 3.8) is 0 Å². The molecule has 0 aliphatic rings. The van der Waals surface area contributed by atoms with Gasteiger partial charge in [-0.25, -0.2) is 0 Å². The van der Waals surface area contributed by atoms with Crippen LogP contribution in [-0.4, -0.2) is 12.3 Å². The fourth-order valence-corrected chi connectivity index (χ4v) is 2.66. The molecule has 2 aromatic rings. The summed E-state index contributed by atoms with van der Waals surface area (Å²) < 4.78 is 5.33. The molecular formula is C16H18N2OS. The number of nitrogens with zero attached hydrogens (tertiary/aromatic N) is 1. The first-order valence-corrected chi connectivity index (χ1v) is 7.83. The lowest BCUT2D eigenvalue weighted by Gasteiger charge is -2.16. The van der Waals surface area contributed by atoms with Crippen molar-refractivity contribution < 1.29 is 4.42 Å². The standard InChI is InChI=1S/C16H18N2OS/c1-12(8-9-13-5-4-10-19-13)18-15-6-3-7-16(20-2)14(15)11-17/h3-7,10,12,18H,8-9H2,1-2H3. The molecule has 0 bridgehead atoms. The van der Waals surface area contributed by atoms with Gasteiger partial charge in [-0.1, -0.05) is 6.07 Å². The van der Waals surface area contributed by atoms with Gasteiger partial charge in [-0.05, 0) is 43.9 Å². The Balaban J connectivity index is 2.00. The molecule has 0 fully saturated rings.